The number of amides is 2. The molecule has 11 heteroatoms. The minimum atomic E-state index is -0.506. The van der Waals surface area contributed by atoms with Crippen LogP contribution >= 0.6 is 0 Å². The van der Waals surface area contributed by atoms with Crippen LogP contribution in [-0.4, -0.2) is 33.4 Å². The van der Waals surface area contributed by atoms with Crippen LogP contribution in [0.2, 0.25) is 0 Å². The molecule has 1 aromatic heterocycles. The number of benzene rings is 3. The largest absolute Gasteiger partial charge is 0.301 e. The van der Waals surface area contributed by atoms with E-state index in [4.69, 9.17) is 5.41 Å². The van der Waals surface area contributed by atoms with E-state index in [0.717, 1.165) is 0 Å². The molecule has 0 atom stereocenters. The molecule has 2 amide bonds. The number of halogens is 2. The second kappa shape index (κ2) is 11.0. The van der Waals surface area contributed by atoms with Crippen molar-refractivity contribution >= 4 is 35.3 Å². The van der Waals surface area contributed by atoms with Crippen molar-refractivity contribution in [1.29, 1.82) is 5.41 Å². The zero-order chi connectivity index (χ0) is 25.5. The molecule has 3 aromatic carbocycles. The molecule has 0 bridgehead atoms. The van der Waals surface area contributed by atoms with Crippen LogP contribution in [0.3, 0.4) is 0 Å². The van der Waals surface area contributed by atoms with E-state index >= 15 is 0 Å². The smallest absolute Gasteiger partial charge is 0.260 e. The highest BCUT2D eigenvalue weighted by Crippen LogP contribution is 2.12. The van der Waals surface area contributed by atoms with Gasteiger partial charge in [0.25, 0.3) is 11.8 Å². The number of rotatable bonds is 8. The van der Waals surface area contributed by atoms with Gasteiger partial charge in [-0.2, -0.15) is 10.2 Å². The first-order valence-corrected chi connectivity index (χ1v) is 10.8. The number of carbonyl (C=O) groups is 2. The normalized spacial score (nSPS) is 11.4. The molecule has 3 N–H and O–H groups in total. The fourth-order valence-electron chi connectivity index (χ4n) is 3.50. The average molecular weight is 489 g/mol. The number of hydrazone groups is 2. The lowest BCUT2D eigenvalue weighted by atomic mass is 10.2. The maximum atomic E-state index is 13.3. The van der Waals surface area contributed by atoms with E-state index in [2.05, 4.69) is 21.1 Å². The Morgan fingerprint density at radius 2 is 1.19 bits per heavy atom. The number of carbonyl (C=O) groups excluding carboxylic acids is 2. The van der Waals surface area contributed by atoms with Gasteiger partial charge in [-0.05, 0) is 47.5 Å². The Hall–Kier alpha value is -4.93. The Kier molecular flexibility index (Phi) is 7.39. The monoisotopic (exact) mass is 489 g/mol. The molecular weight excluding hydrogens is 468 g/mol. The Morgan fingerprint density at radius 1 is 0.750 bits per heavy atom. The summed E-state index contributed by atoms with van der Waals surface area (Å²) < 4.78 is 29.4. The highest BCUT2D eigenvalue weighted by molar-refractivity contribution is 5.85. The summed E-state index contributed by atoms with van der Waals surface area (Å²) in [7, 11) is 0. The first-order chi connectivity index (χ1) is 17.4. The number of aromatic nitrogens is 2. The van der Waals surface area contributed by atoms with Gasteiger partial charge in [-0.25, -0.2) is 19.6 Å². The third kappa shape index (κ3) is 5.95. The highest BCUT2D eigenvalue weighted by atomic mass is 19.1. The molecule has 182 valence electrons. The number of fused-ring (bicyclic) bond motifs is 1. The molecule has 36 heavy (non-hydrogen) atoms. The van der Waals surface area contributed by atoms with Gasteiger partial charge in [-0.3, -0.25) is 15.0 Å². The van der Waals surface area contributed by atoms with E-state index in [-0.39, 0.29) is 18.7 Å². The predicted octanol–water partition coefficient (Wildman–Crippen LogP) is 2.50. The van der Waals surface area contributed by atoms with Crippen molar-refractivity contribution in [2.24, 2.45) is 10.2 Å². The molecule has 0 saturated heterocycles. The summed E-state index contributed by atoms with van der Waals surface area (Å²) in [5.74, 6) is -1.85. The average Bonchev–Trinajstić information content (AvgIpc) is 3.10. The van der Waals surface area contributed by atoms with Gasteiger partial charge in [0.1, 0.15) is 24.7 Å². The molecule has 4 aromatic rings. The molecule has 0 aliphatic carbocycles. The molecule has 0 saturated carbocycles. The predicted molar refractivity (Wildman–Crippen MR) is 130 cm³/mol. The van der Waals surface area contributed by atoms with Crippen LogP contribution in [0.15, 0.2) is 83.0 Å². The van der Waals surface area contributed by atoms with Gasteiger partial charge in [0.2, 0.25) is 5.62 Å². The summed E-state index contributed by atoms with van der Waals surface area (Å²) >= 11 is 0. The molecule has 0 aliphatic heterocycles. The van der Waals surface area contributed by atoms with Crippen molar-refractivity contribution in [3.05, 3.63) is 101 Å². The molecule has 0 radical (unpaired) electrons. The minimum Gasteiger partial charge on any atom is -0.301 e. The van der Waals surface area contributed by atoms with Gasteiger partial charge < -0.3 is 9.13 Å². The van der Waals surface area contributed by atoms with Crippen molar-refractivity contribution in [3.8, 4) is 0 Å². The lowest BCUT2D eigenvalue weighted by molar-refractivity contribution is -0.122. The Morgan fingerprint density at radius 3 is 1.61 bits per heavy atom. The number of para-hydroxylation sites is 2. The van der Waals surface area contributed by atoms with Gasteiger partial charge in [0.15, 0.2) is 0 Å². The second-order valence-electron chi connectivity index (χ2n) is 7.68. The van der Waals surface area contributed by atoms with E-state index < -0.39 is 23.4 Å². The van der Waals surface area contributed by atoms with E-state index in [1.165, 1.54) is 58.0 Å². The summed E-state index contributed by atoms with van der Waals surface area (Å²) in [5.41, 5.74) is 6.74. The molecule has 0 fully saturated rings. The summed E-state index contributed by atoms with van der Waals surface area (Å²) in [5, 5.41) is 16.2. The van der Waals surface area contributed by atoms with Gasteiger partial charge in [0, 0.05) is 0 Å². The van der Waals surface area contributed by atoms with Crippen molar-refractivity contribution in [3.63, 3.8) is 0 Å². The molecule has 0 unspecified atom stereocenters. The van der Waals surface area contributed by atoms with E-state index in [0.29, 0.717) is 22.2 Å². The SMILES string of the molecule is N=c1n(CC(=O)N/N=C/c2cccc(F)c2)c2ccccc2n1CC(=O)N/N=C/c1cccc(F)c1. The Bertz CT molecular complexity index is 1430. The first kappa shape index (κ1) is 24.2. The van der Waals surface area contributed by atoms with Crippen LogP contribution in [-0.2, 0) is 22.7 Å². The maximum absolute atomic E-state index is 13.3. The minimum absolute atomic E-state index is 0.0790. The first-order valence-electron chi connectivity index (χ1n) is 10.8. The van der Waals surface area contributed by atoms with Crippen molar-refractivity contribution in [2.75, 3.05) is 0 Å². The quantitative estimate of drug-likeness (QED) is 0.261. The summed E-state index contributed by atoms with van der Waals surface area (Å²) in [6, 6.07) is 18.4. The number of hydrogen-bond donors (Lipinski definition) is 3. The summed E-state index contributed by atoms with van der Waals surface area (Å²) in [6.45, 7) is -0.460. The number of imidazole rings is 1. The summed E-state index contributed by atoms with van der Waals surface area (Å²) in [4.78, 5) is 24.9. The molecule has 0 aliphatic rings. The number of hydrogen-bond acceptors (Lipinski definition) is 5. The van der Waals surface area contributed by atoms with E-state index in [1.54, 1.807) is 36.4 Å². The highest BCUT2D eigenvalue weighted by Gasteiger charge is 2.15. The van der Waals surface area contributed by atoms with Gasteiger partial charge >= 0.3 is 0 Å². The molecule has 4 rings (SSSR count). The summed E-state index contributed by atoms with van der Waals surface area (Å²) in [6.07, 6.45) is 2.62. The fourth-order valence-corrected chi connectivity index (χ4v) is 3.50. The molecule has 1 heterocycles. The van der Waals surface area contributed by atoms with Crippen LogP contribution < -0.4 is 16.5 Å². The zero-order valence-corrected chi connectivity index (χ0v) is 18.9. The second-order valence-corrected chi connectivity index (χ2v) is 7.68. The molecule has 0 spiro atoms. The Labute approximate surface area is 203 Å². The van der Waals surface area contributed by atoms with Crippen molar-refractivity contribution in [1.82, 2.24) is 20.0 Å². The van der Waals surface area contributed by atoms with Crippen molar-refractivity contribution in [2.45, 2.75) is 13.1 Å². The fraction of sp³-hybridized carbons (Fsp3) is 0.0800. The van der Waals surface area contributed by atoms with Crippen LogP contribution in [0.4, 0.5) is 8.78 Å². The standard InChI is InChI=1S/C25H21F2N7O2/c26-19-7-3-5-17(11-19)13-29-31-23(35)15-33-21-9-1-2-10-22(21)34(25(33)28)16-24(36)32-30-14-18-6-4-8-20(27)12-18/h1-14,28H,15-16H2,(H,31,35)(H,32,36)/b29-13+,30-14+. The Balaban J connectivity index is 1.46. The van der Waals surface area contributed by atoms with Crippen LogP contribution in [0.5, 0.6) is 0 Å². The lowest BCUT2D eigenvalue weighted by Gasteiger charge is -2.04. The topological polar surface area (TPSA) is 117 Å². The lowest BCUT2D eigenvalue weighted by Crippen LogP contribution is -2.34. The van der Waals surface area contributed by atoms with Crippen LogP contribution in [0.1, 0.15) is 11.1 Å². The number of nitrogens with one attached hydrogen (secondary N) is 3. The zero-order valence-electron chi connectivity index (χ0n) is 18.9. The van der Waals surface area contributed by atoms with Gasteiger partial charge in [-0.1, -0.05) is 36.4 Å². The van der Waals surface area contributed by atoms with Gasteiger partial charge in [0.05, 0.1) is 23.5 Å². The van der Waals surface area contributed by atoms with E-state index in [1.807, 2.05) is 0 Å². The third-order valence-electron chi connectivity index (χ3n) is 5.08. The van der Waals surface area contributed by atoms with Crippen LogP contribution in [0, 0.1) is 17.0 Å². The van der Waals surface area contributed by atoms with Crippen molar-refractivity contribution < 1.29 is 18.4 Å². The maximum Gasteiger partial charge on any atom is 0.260 e. The third-order valence-corrected chi connectivity index (χ3v) is 5.08. The number of nitrogens with zero attached hydrogens (tertiary/aromatic N) is 4. The van der Waals surface area contributed by atoms with Crippen LogP contribution in [0.25, 0.3) is 11.0 Å². The molecule has 9 nitrogen and oxygen atoms in total. The van der Waals surface area contributed by atoms with E-state index in [9.17, 15) is 18.4 Å². The molecular formula is C25H21F2N7O2. The van der Waals surface area contributed by atoms with Gasteiger partial charge in [-0.15, -0.1) is 0 Å².